The maximum atomic E-state index is 4.99. The average Bonchev–Trinajstić information content (AvgIpc) is 2.27. The summed E-state index contributed by atoms with van der Waals surface area (Å²) in [4.78, 5) is 4.13. The van der Waals surface area contributed by atoms with Crippen molar-refractivity contribution in [1.29, 1.82) is 0 Å². The molecule has 0 fully saturated rings. The molecule has 3 nitrogen and oxygen atoms in total. The highest BCUT2D eigenvalue weighted by Gasteiger charge is 1.94. The first-order chi connectivity index (χ1) is 7.26. The van der Waals surface area contributed by atoms with Gasteiger partial charge >= 0.3 is 0 Å². The van der Waals surface area contributed by atoms with Crippen molar-refractivity contribution in [1.82, 2.24) is 10.3 Å². The van der Waals surface area contributed by atoms with Gasteiger partial charge in [-0.3, -0.25) is 0 Å². The van der Waals surface area contributed by atoms with E-state index in [-0.39, 0.29) is 0 Å². The highest BCUT2D eigenvalue weighted by Crippen LogP contribution is 2.08. The molecule has 0 aliphatic heterocycles. The van der Waals surface area contributed by atoms with Crippen LogP contribution in [0.4, 0.5) is 0 Å². The monoisotopic (exact) mass is 206 g/mol. The lowest BCUT2D eigenvalue weighted by molar-refractivity contribution is 0.398. The van der Waals surface area contributed by atoms with Crippen molar-refractivity contribution < 1.29 is 4.74 Å². The number of nitrogens with zero attached hydrogens (tertiary/aromatic N) is 1. The Balaban J connectivity index is 2.56. The zero-order chi connectivity index (χ0) is 11.1. The largest absolute Gasteiger partial charge is 0.481 e. The standard InChI is InChI=1S/C12H18N2O/c1-4-13-10(2)5-6-11-7-8-12(15-3)14-9-11/h5-10,13H,4H2,1-3H3/b6-5+. The summed E-state index contributed by atoms with van der Waals surface area (Å²) in [5.41, 5.74) is 1.08. The molecule has 0 amide bonds. The van der Waals surface area contributed by atoms with Crippen LogP contribution in [-0.2, 0) is 0 Å². The highest BCUT2D eigenvalue weighted by atomic mass is 16.5. The lowest BCUT2D eigenvalue weighted by atomic mass is 10.2. The molecule has 1 N–H and O–H groups in total. The molecule has 0 aromatic carbocycles. The van der Waals surface area contributed by atoms with E-state index in [1.807, 2.05) is 12.1 Å². The Morgan fingerprint density at radius 1 is 1.53 bits per heavy atom. The number of hydrogen-bond donors (Lipinski definition) is 1. The van der Waals surface area contributed by atoms with Crippen molar-refractivity contribution in [2.75, 3.05) is 13.7 Å². The van der Waals surface area contributed by atoms with Gasteiger partial charge in [-0.1, -0.05) is 19.1 Å². The zero-order valence-corrected chi connectivity index (χ0v) is 9.53. The molecule has 15 heavy (non-hydrogen) atoms. The van der Waals surface area contributed by atoms with Crippen LogP contribution in [0.15, 0.2) is 24.4 Å². The predicted octanol–water partition coefficient (Wildman–Crippen LogP) is 2.10. The van der Waals surface area contributed by atoms with Crippen LogP contribution in [0.3, 0.4) is 0 Å². The van der Waals surface area contributed by atoms with Gasteiger partial charge in [0.1, 0.15) is 0 Å². The first kappa shape index (κ1) is 11.7. The number of likely N-dealkylation sites (N-methyl/N-ethyl adjacent to an activating group) is 1. The molecule has 0 saturated heterocycles. The Morgan fingerprint density at radius 2 is 2.33 bits per heavy atom. The van der Waals surface area contributed by atoms with Crippen molar-refractivity contribution in [2.45, 2.75) is 19.9 Å². The second-order valence-corrected chi connectivity index (χ2v) is 3.34. The molecule has 3 heteroatoms. The van der Waals surface area contributed by atoms with Crippen LogP contribution in [0, 0.1) is 0 Å². The van der Waals surface area contributed by atoms with Gasteiger partial charge in [0.25, 0.3) is 0 Å². The lowest BCUT2D eigenvalue weighted by Crippen LogP contribution is -2.22. The molecule has 0 aliphatic carbocycles. The minimum Gasteiger partial charge on any atom is -0.481 e. The van der Waals surface area contributed by atoms with E-state index >= 15 is 0 Å². The molecule has 0 aliphatic rings. The smallest absolute Gasteiger partial charge is 0.212 e. The number of nitrogens with one attached hydrogen (secondary N) is 1. The Labute approximate surface area is 91.2 Å². The Morgan fingerprint density at radius 3 is 2.87 bits per heavy atom. The van der Waals surface area contributed by atoms with Crippen molar-refractivity contribution in [2.24, 2.45) is 0 Å². The topological polar surface area (TPSA) is 34.1 Å². The van der Waals surface area contributed by atoms with E-state index < -0.39 is 0 Å². The van der Waals surface area contributed by atoms with E-state index in [9.17, 15) is 0 Å². The van der Waals surface area contributed by atoms with Gasteiger partial charge < -0.3 is 10.1 Å². The molecule has 0 saturated carbocycles. The third kappa shape index (κ3) is 4.13. The van der Waals surface area contributed by atoms with Crippen LogP contribution in [0.25, 0.3) is 6.08 Å². The predicted molar refractivity (Wildman–Crippen MR) is 63.0 cm³/mol. The third-order valence-corrected chi connectivity index (χ3v) is 2.07. The quantitative estimate of drug-likeness (QED) is 0.801. The molecule has 82 valence electrons. The average molecular weight is 206 g/mol. The highest BCUT2D eigenvalue weighted by molar-refractivity contribution is 5.48. The van der Waals surface area contributed by atoms with Crippen LogP contribution in [0.5, 0.6) is 5.88 Å². The lowest BCUT2D eigenvalue weighted by Gasteiger charge is -2.05. The molecule has 1 aromatic heterocycles. The van der Waals surface area contributed by atoms with Gasteiger partial charge in [-0.05, 0) is 25.1 Å². The fourth-order valence-electron chi connectivity index (χ4n) is 1.26. The molecule has 1 aromatic rings. The summed E-state index contributed by atoms with van der Waals surface area (Å²) >= 11 is 0. The third-order valence-electron chi connectivity index (χ3n) is 2.07. The Bertz CT molecular complexity index is 306. The normalized spacial score (nSPS) is 13.0. The SMILES string of the molecule is CCNC(C)/C=C/c1ccc(OC)nc1. The van der Waals surface area contributed by atoms with Gasteiger partial charge in [-0.25, -0.2) is 4.98 Å². The second kappa shape index (κ2) is 6.19. The fraction of sp³-hybridized carbons (Fsp3) is 0.417. The summed E-state index contributed by atoms with van der Waals surface area (Å²) in [5.74, 6) is 0.645. The molecule has 1 heterocycles. The Kier molecular flexibility index (Phi) is 4.84. The van der Waals surface area contributed by atoms with E-state index in [0.717, 1.165) is 12.1 Å². The molecule has 1 unspecified atom stereocenters. The van der Waals surface area contributed by atoms with Crippen molar-refractivity contribution >= 4 is 6.08 Å². The maximum Gasteiger partial charge on any atom is 0.212 e. The number of hydrogen-bond acceptors (Lipinski definition) is 3. The molecule has 0 radical (unpaired) electrons. The summed E-state index contributed by atoms with van der Waals surface area (Å²) < 4.78 is 4.99. The number of rotatable bonds is 5. The summed E-state index contributed by atoms with van der Waals surface area (Å²) in [6.45, 7) is 5.20. The fourth-order valence-corrected chi connectivity index (χ4v) is 1.26. The van der Waals surface area contributed by atoms with Gasteiger partial charge in [-0.15, -0.1) is 0 Å². The van der Waals surface area contributed by atoms with Crippen LogP contribution in [-0.4, -0.2) is 24.7 Å². The van der Waals surface area contributed by atoms with Gasteiger partial charge in [0.15, 0.2) is 0 Å². The molecule has 1 atom stereocenters. The number of pyridine rings is 1. The number of aromatic nitrogens is 1. The van der Waals surface area contributed by atoms with Crippen LogP contribution < -0.4 is 10.1 Å². The minimum absolute atomic E-state index is 0.386. The maximum absolute atomic E-state index is 4.99. The van der Waals surface area contributed by atoms with Gasteiger partial charge in [-0.2, -0.15) is 0 Å². The Hall–Kier alpha value is -1.35. The summed E-state index contributed by atoms with van der Waals surface area (Å²) in [6, 6.07) is 4.23. The zero-order valence-electron chi connectivity index (χ0n) is 9.53. The second-order valence-electron chi connectivity index (χ2n) is 3.34. The summed E-state index contributed by atoms with van der Waals surface area (Å²) in [6.07, 6.45) is 5.97. The number of methoxy groups -OCH3 is 1. The van der Waals surface area contributed by atoms with E-state index in [4.69, 9.17) is 4.74 Å². The van der Waals surface area contributed by atoms with E-state index in [0.29, 0.717) is 11.9 Å². The van der Waals surface area contributed by atoms with E-state index in [1.165, 1.54) is 0 Å². The van der Waals surface area contributed by atoms with Crippen molar-refractivity contribution in [3.63, 3.8) is 0 Å². The van der Waals surface area contributed by atoms with Crippen LogP contribution in [0.1, 0.15) is 19.4 Å². The molecular formula is C12H18N2O. The van der Waals surface area contributed by atoms with Gasteiger partial charge in [0, 0.05) is 18.3 Å². The summed E-state index contributed by atoms with van der Waals surface area (Å²) in [7, 11) is 1.62. The van der Waals surface area contributed by atoms with Gasteiger partial charge in [0.05, 0.1) is 7.11 Å². The van der Waals surface area contributed by atoms with Gasteiger partial charge in [0.2, 0.25) is 5.88 Å². The molecular weight excluding hydrogens is 188 g/mol. The van der Waals surface area contributed by atoms with Crippen molar-refractivity contribution in [3.05, 3.63) is 30.0 Å². The van der Waals surface area contributed by atoms with E-state index in [1.54, 1.807) is 13.3 Å². The van der Waals surface area contributed by atoms with Crippen LogP contribution in [0.2, 0.25) is 0 Å². The van der Waals surface area contributed by atoms with E-state index in [2.05, 4.69) is 36.3 Å². The number of ether oxygens (including phenoxy) is 1. The van der Waals surface area contributed by atoms with Crippen LogP contribution >= 0.6 is 0 Å². The first-order valence-electron chi connectivity index (χ1n) is 5.18. The molecule has 0 spiro atoms. The van der Waals surface area contributed by atoms with Crippen molar-refractivity contribution in [3.8, 4) is 5.88 Å². The molecule has 0 bridgehead atoms. The molecule has 1 rings (SSSR count). The first-order valence-corrected chi connectivity index (χ1v) is 5.18. The summed E-state index contributed by atoms with van der Waals surface area (Å²) in [5, 5.41) is 3.31. The minimum atomic E-state index is 0.386.